The minimum absolute atomic E-state index is 0.230. The Labute approximate surface area is 164 Å². The molecule has 1 saturated carbocycles. The number of likely N-dealkylation sites (tertiary alicyclic amines) is 1. The monoisotopic (exact) mass is 451 g/mol. The number of likely N-dealkylation sites (N-methyl/N-ethyl adjacent to an activating group) is 1. The molecular formula is C20H26IN3O. The first-order valence-corrected chi connectivity index (χ1v) is 10.4. The summed E-state index contributed by atoms with van der Waals surface area (Å²) >= 11 is 2.54. The largest absolute Gasteiger partial charge is 0.495 e. The van der Waals surface area contributed by atoms with Gasteiger partial charge in [0, 0.05) is 28.1 Å². The van der Waals surface area contributed by atoms with Gasteiger partial charge in [0.1, 0.15) is 5.75 Å². The molecule has 1 aliphatic carbocycles. The number of nitrogens with one attached hydrogen (secondary N) is 2. The number of nitrogens with zero attached hydrogens (tertiary/aromatic N) is 1. The van der Waals surface area contributed by atoms with Gasteiger partial charge in [-0.1, -0.05) is 40.9 Å². The Bertz CT molecular complexity index is 720. The van der Waals surface area contributed by atoms with E-state index >= 15 is 0 Å². The van der Waals surface area contributed by atoms with Crippen LogP contribution in [-0.4, -0.2) is 48.8 Å². The molecule has 2 heterocycles. The smallest absolute Gasteiger partial charge is 0.134 e. The van der Waals surface area contributed by atoms with E-state index in [2.05, 4.69) is 62.1 Å². The number of anilines is 1. The Morgan fingerprint density at radius 3 is 2.88 bits per heavy atom. The van der Waals surface area contributed by atoms with Crippen molar-refractivity contribution >= 4 is 28.3 Å². The van der Waals surface area contributed by atoms with Crippen molar-refractivity contribution in [2.24, 2.45) is 0 Å². The van der Waals surface area contributed by atoms with Crippen LogP contribution in [-0.2, 0) is 5.41 Å². The van der Waals surface area contributed by atoms with Crippen molar-refractivity contribution < 1.29 is 4.74 Å². The lowest BCUT2D eigenvalue weighted by Gasteiger charge is -2.43. The van der Waals surface area contributed by atoms with E-state index in [1.54, 1.807) is 7.11 Å². The number of alkyl halides is 1. The lowest BCUT2D eigenvalue weighted by Crippen LogP contribution is -2.51. The number of fused-ring (bicyclic) bond motifs is 2. The summed E-state index contributed by atoms with van der Waals surface area (Å²) in [5.74, 6) is 7.61. The van der Waals surface area contributed by atoms with E-state index in [0.717, 1.165) is 34.9 Å². The Kier molecular flexibility index (Phi) is 4.87. The minimum atomic E-state index is 0.230. The van der Waals surface area contributed by atoms with Crippen molar-refractivity contribution in [2.45, 2.75) is 41.2 Å². The molecule has 0 bridgehead atoms. The maximum absolute atomic E-state index is 5.68. The molecule has 2 unspecified atom stereocenters. The van der Waals surface area contributed by atoms with Crippen molar-refractivity contribution in [1.29, 1.82) is 0 Å². The number of benzene rings is 1. The summed E-state index contributed by atoms with van der Waals surface area (Å²) in [5.41, 5.74) is 3.84. The molecule has 25 heavy (non-hydrogen) atoms. The fourth-order valence-corrected chi connectivity index (χ4v) is 5.30. The number of hydrogen-bond donors (Lipinski definition) is 2. The molecule has 2 fully saturated rings. The van der Waals surface area contributed by atoms with Gasteiger partial charge in [0.15, 0.2) is 0 Å². The zero-order valence-corrected chi connectivity index (χ0v) is 17.2. The van der Waals surface area contributed by atoms with Gasteiger partial charge in [-0.2, -0.15) is 0 Å². The molecule has 2 atom stereocenters. The number of halogens is 1. The maximum atomic E-state index is 5.68. The van der Waals surface area contributed by atoms with Crippen molar-refractivity contribution in [2.75, 3.05) is 39.1 Å². The summed E-state index contributed by atoms with van der Waals surface area (Å²) in [6.07, 6.45) is 5.37. The summed E-state index contributed by atoms with van der Waals surface area (Å²) in [6.45, 7) is 3.16. The van der Waals surface area contributed by atoms with Gasteiger partial charge in [-0.05, 0) is 44.0 Å². The Hall–Kier alpha value is -0.970. The SMILES string of the molecule is CNC1Nc2cc(C#CCN3CCC(I)C3)c(OC)cc2C12CCC2. The Morgan fingerprint density at radius 2 is 2.28 bits per heavy atom. The average molecular weight is 451 g/mol. The van der Waals surface area contributed by atoms with Crippen molar-refractivity contribution in [3.63, 3.8) is 0 Å². The van der Waals surface area contributed by atoms with Crippen LogP contribution in [0.15, 0.2) is 12.1 Å². The van der Waals surface area contributed by atoms with Gasteiger partial charge in [0.2, 0.25) is 0 Å². The lowest BCUT2D eigenvalue weighted by atomic mass is 9.64. The maximum Gasteiger partial charge on any atom is 0.134 e. The highest BCUT2D eigenvalue weighted by atomic mass is 127. The zero-order chi connectivity index (χ0) is 17.4. The molecule has 4 nitrogen and oxygen atoms in total. The van der Waals surface area contributed by atoms with Crippen LogP contribution in [0.2, 0.25) is 0 Å². The van der Waals surface area contributed by atoms with E-state index in [1.807, 2.05) is 7.05 Å². The molecule has 4 rings (SSSR count). The van der Waals surface area contributed by atoms with Crippen LogP contribution in [0.3, 0.4) is 0 Å². The molecule has 1 saturated heterocycles. The first kappa shape index (κ1) is 17.4. The van der Waals surface area contributed by atoms with Gasteiger partial charge in [0.25, 0.3) is 0 Å². The summed E-state index contributed by atoms with van der Waals surface area (Å²) in [6, 6.07) is 4.41. The van der Waals surface area contributed by atoms with E-state index in [9.17, 15) is 0 Å². The molecule has 1 aromatic rings. The third-order valence-electron chi connectivity index (χ3n) is 6.00. The highest BCUT2D eigenvalue weighted by Gasteiger charge is 2.50. The second kappa shape index (κ2) is 6.98. The summed E-state index contributed by atoms with van der Waals surface area (Å²) in [5, 5.41) is 7.11. The predicted octanol–water partition coefficient (Wildman–Crippen LogP) is 2.95. The quantitative estimate of drug-likeness (QED) is 0.421. The van der Waals surface area contributed by atoms with Gasteiger partial charge >= 0.3 is 0 Å². The van der Waals surface area contributed by atoms with Gasteiger partial charge in [-0.3, -0.25) is 10.2 Å². The number of rotatable bonds is 3. The first-order chi connectivity index (χ1) is 12.2. The average Bonchev–Trinajstić information content (AvgIpc) is 3.13. The van der Waals surface area contributed by atoms with Crippen LogP contribution in [0.25, 0.3) is 0 Å². The highest BCUT2D eigenvalue weighted by molar-refractivity contribution is 14.1. The third-order valence-corrected chi connectivity index (χ3v) is 7.02. The molecule has 134 valence electrons. The second-order valence-electron chi connectivity index (χ2n) is 7.40. The van der Waals surface area contributed by atoms with Crippen LogP contribution in [0.1, 0.15) is 36.8 Å². The number of hydrogen-bond acceptors (Lipinski definition) is 4. The van der Waals surface area contributed by atoms with E-state index < -0.39 is 0 Å². The normalized spacial score (nSPS) is 26.5. The van der Waals surface area contributed by atoms with Crippen LogP contribution in [0.4, 0.5) is 5.69 Å². The number of ether oxygens (including phenoxy) is 1. The molecule has 0 radical (unpaired) electrons. The minimum Gasteiger partial charge on any atom is -0.495 e. The fraction of sp³-hybridized carbons (Fsp3) is 0.600. The second-order valence-corrected chi connectivity index (χ2v) is 9.16. The van der Waals surface area contributed by atoms with E-state index in [0.29, 0.717) is 6.17 Å². The molecule has 3 aliphatic rings. The first-order valence-electron chi connectivity index (χ1n) is 9.18. The van der Waals surface area contributed by atoms with Crippen molar-refractivity contribution in [3.8, 4) is 17.6 Å². The standard InChI is InChI=1S/C20H26IN3O/c1-22-19-20(7-4-8-20)16-12-18(25-2)14(11-17(16)23-19)5-3-9-24-10-6-15(21)13-24/h11-12,15,19,22-23H,4,6-10,13H2,1-2H3. The molecule has 5 heteroatoms. The Balaban J connectivity index is 1.58. The molecule has 2 aliphatic heterocycles. The molecular weight excluding hydrogens is 425 g/mol. The van der Waals surface area contributed by atoms with Crippen molar-refractivity contribution in [3.05, 3.63) is 23.3 Å². The molecule has 2 N–H and O–H groups in total. The van der Waals surface area contributed by atoms with Crippen molar-refractivity contribution in [1.82, 2.24) is 10.2 Å². The number of methoxy groups -OCH3 is 1. The molecule has 1 aromatic carbocycles. The summed E-state index contributed by atoms with van der Waals surface area (Å²) in [7, 11) is 3.79. The Morgan fingerprint density at radius 1 is 1.44 bits per heavy atom. The fourth-order valence-electron chi connectivity index (χ4n) is 4.47. The van der Waals surface area contributed by atoms with Crippen LogP contribution >= 0.6 is 22.6 Å². The van der Waals surface area contributed by atoms with Crippen LogP contribution in [0.5, 0.6) is 5.75 Å². The van der Waals surface area contributed by atoms with Gasteiger partial charge in [-0.15, -0.1) is 0 Å². The van der Waals surface area contributed by atoms with Crippen LogP contribution in [0, 0.1) is 11.8 Å². The zero-order valence-electron chi connectivity index (χ0n) is 15.0. The molecule has 1 spiro atoms. The highest BCUT2D eigenvalue weighted by Crippen LogP contribution is 2.54. The lowest BCUT2D eigenvalue weighted by molar-refractivity contribution is 0.204. The van der Waals surface area contributed by atoms with Gasteiger partial charge in [-0.25, -0.2) is 0 Å². The van der Waals surface area contributed by atoms with Crippen LogP contribution < -0.4 is 15.4 Å². The third kappa shape index (κ3) is 3.02. The summed E-state index contributed by atoms with van der Waals surface area (Å²) in [4.78, 5) is 2.43. The predicted molar refractivity (Wildman–Crippen MR) is 111 cm³/mol. The van der Waals surface area contributed by atoms with E-state index in [4.69, 9.17) is 4.74 Å². The summed E-state index contributed by atoms with van der Waals surface area (Å²) < 4.78 is 6.45. The molecule has 0 amide bonds. The van der Waals surface area contributed by atoms with E-state index in [-0.39, 0.29) is 5.41 Å². The van der Waals surface area contributed by atoms with Gasteiger partial charge < -0.3 is 10.1 Å². The molecule has 0 aromatic heterocycles. The topological polar surface area (TPSA) is 36.5 Å². The van der Waals surface area contributed by atoms with Gasteiger partial charge in [0.05, 0.1) is 25.4 Å². The van der Waals surface area contributed by atoms with E-state index in [1.165, 1.54) is 36.9 Å².